The zero-order valence-electron chi connectivity index (χ0n) is 13.9. The highest BCUT2D eigenvalue weighted by molar-refractivity contribution is 7.89. The zero-order chi connectivity index (χ0) is 17.0. The Hall–Kier alpha value is -1.86. The number of hydrogen-bond acceptors (Lipinski definition) is 4. The van der Waals surface area contributed by atoms with Crippen molar-refractivity contribution in [3.05, 3.63) is 42.2 Å². The Morgan fingerprint density at radius 1 is 1.17 bits per heavy atom. The normalized spacial score (nSPS) is 13.3. The fourth-order valence-corrected chi connectivity index (χ4v) is 3.03. The molecule has 0 saturated carbocycles. The van der Waals surface area contributed by atoms with Crippen LogP contribution in [0.15, 0.2) is 41.6 Å². The molecule has 23 heavy (non-hydrogen) atoms. The molecule has 2 aromatic rings. The lowest BCUT2D eigenvalue weighted by Crippen LogP contribution is -2.18. The van der Waals surface area contributed by atoms with Gasteiger partial charge in [0, 0.05) is 18.8 Å². The molecule has 0 amide bonds. The predicted octanol–water partition coefficient (Wildman–Crippen LogP) is 2.62. The molecule has 1 aromatic heterocycles. The van der Waals surface area contributed by atoms with Crippen LogP contribution in [0.25, 0.3) is 0 Å². The van der Waals surface area contributed by atoms with Crippen molar-refractivity contribution in [1.82, 2.24) is 14.5 Å². The molecule has 6 nitrogen and oxygen atoms in total. The SMILES string of the molecule is CNS(=O)(=O)c1ccc([C@H](C)Nc2cnn(CC(C)C)c2)cc1. The first-order valence-electron chi connectivity index (χ1n) is 7.64. The Kier molecular flexibility index (Phi) is 5.43. The van der Waals surface area contributed by atoms with Crippen LogP contribution in [-0.2, 0) is 16.6 Å². The maximum Gasteiger partial charge on any atom is 0.240 e. The molecule has 1 aromatic carbocycles. The van der Waals surface area contributed by atoms with Gasteiger partial charge in [0.15, 0.2) is 0 Å². The molecule has 1 heterocycles. The molecule has 0 spiro atoms. The minimum atomic E-state index is -3.39. The predicted molar refractivity (Wildman–Crippen MR) is 91.8 cm³/mol. The van der Waals surface area contributed by atoms with Gasteiger partial charge in [-0.3, -0.25) is 4.68 Å². The van der Waals surface area contributed by atoms with E-state index < -0.39 is 10.0 Å². The van der Waals surface area contributed by atoms with Gasteiger partial charge in [0.1, 0.15) is 0 Å². The summed E-state index contributed by atoms with van der Waals surface area (Å²) in [6.45, 7) is 7.21. The first-order chi connectivity index (χ1) is 10.8. The fourth-order valence-electron chi connectivity index (χ4n) is 2.30. The molecule has 0 aliphatic carbocycles. The first-order valence-corrected chi connectivity index (χ1v) is 9.12. The van der Waals surface area contributed by atoms with E-state index in [-0.39, 0.29) is 10.9 Å². The van der Waals surface area contributed by atoms with Gasteiger partial charge in [0.25, 0.3) is 0 Å². The maximum absolute atomic E-state index is 11.7. The number of hydrogen-bond donors (Lipinski definition) is 2. The third-order valence-corrected chi connectivity index (χ3v) is 4.96. The topological polar surface area (TPSA) is 76.0 Å². The highest BCUT2D eigenvalue weighted by atomic mass is 32.2. The summed E-state index contributed by atoms with van der Waals surface area (Å²) in [5.41, 5.74) is 1.96. The van der Waals surface area contributed by atoms with Crippen molar-refractivity contribution in [2.45, 2.75) is 38.3 Å². The molecule has 7 heteroatoms. The third-order valence-electron chi connectivity index (χ3n) is 3.53. The van der Waals surface area contributed by atoms with Gasteiger partial charge in [0.05, 0.1) is 16.8 Å². The Morgan fingerprint density at radius 2 is 1.83 bits per heavy atom. The van der Waals surface area contributed by atoms with Crippen molar-refractivity contribution in [1.29, 1.82) is 0 Å². The van der Waals surface area contributed by atoms with Gasteiger partial charge in [-0.25, -0.2) is 13.1 Å². The van der Waals surface area contributed by atoms with E-state index in [1.165, 1.54) is 7.05 Å². The fraction of sp³-hybridized carbons (Fsp3) is 0.438. The monoisotopic (exact) mass is 336 g/mol. The molecule has 0 radical (unpaired) electrons. The molecule has 2 rings (SSSR count). The number of nitrogens with one attached hydrogen (secondary N) is 2. The van der Waals surface area contributed by atoms with E-state index in [2.05, 4.69) is 29.0 Å². The number of aromatic nitrogens is 2. The highest BCUT2D eigenvalue weighted by Crippen LogP contribution is 2.20. The Balaban J connectivity index is 2.06. The number of anilines is 1. The standard InChI is InChI=1S/C16H24N4O2S/c1-12(2)10-20-11-15(9-18-20)19-13(3)14-5-7-16(8-6-14)23(21,22)17-4/h5-9,11-13,17,19H,10H2,1-4H3/t13-/m0/s1. The summed E-state index contributed by atoms with van der Waals surface area (Å²) in [4.78, 5) is 0.265. The van der Waals surface area contributed by atoms with Crippen LogP contribution in [0.4, 0.5) is 5.69 Å². The van der Waals surface area contributed by atoms with Crippen LogP contribution in [0, 0.1) is 5.92 Å². The summed E-state index contributed by atoms with van der Waals surface area (Å²) in [6, 6.07) is 6.92. The van der Waals surface area contributed by atoms with Crippen LogP contribution in [0.1, 0.15) is 32.4 Å². The van der Waals surface area contributed by atoms with Gasteiger partial charge in [0.2, 0.25) is 10.0 Å². The van der Waals surface area contributed by atoms with Crippen LogP contribution in [0.2, 0.25) is 0 Å². The molecule has 0 saturated heterocycles. The summed E-state index contributed by atoms with van der Waals surface area (Å²) in [5, 5.41) is 7.70. The quantitative estimate of drug-likeness (QED) is 0.815. The lowest BCUT2D eigenvalue weighted by atomic mass is 10.1. The highest BCUT2D eigenvalue weighted by Gasteiger charge is 2.12. The number of sulfonamides is 1. The molecule has 1 atom stereocenters. The Labute approximate surface area is 138 Å². The van der Waals surface area contributed by atoms with Gasteiger partial charge in [-0.1, -0.05) is 26.0 Å². The molecular formula is C16H24N4O2S. The van der Waals surface area contributed by atoms with Crippen molar-refractivity contribution in [2.75, 3.05) is 12.4 Å². The molecule has 0 aliphatic rings. The first kappa shape index (κ1) is 17.5. The lowest BCUT2D eigenvalue weighted by Gasteiger charge is -2.14. The van der Waals surface area contributed by atoms with Gasteiger partial charge in [-0.2, -0.15) is 5.10 Å². The van der Waals surface area contributed by atoms with Gasteiger partial charge in [-0.15, -0.1) is 0 Å². The summed E-state index contributed by atoms with van der Waals surface area (Å²) < 4.78 is 27.7. The molecule has 0 bridgehead atoms. The maximum atomic E-state index is 11.7. The van der Waals surface area contributed by atoms with Crippen molar-refractivity contribution in [2.24, 2.45) is 5.92 Å². The summed E-state index contributed by atoms with van der Waals surface area (Å²) in [6.07, 6.45) is 3.79. The van der Waals surface area contributed by atoms with Crippen LogP contribution in [0.3, 0.4) is 0 Å². The van der Waals surface area contributed by atoms with E-state index in [9.17, 15) is 8.42 Å². The van der Waals surface area contributed by atoms with Crippen molar-refractivity contribution < 1.29 is 8.42 Å². The molecule has 0 fully saturated rings. The second-order valence-electron chi connectivity index (χ2n) is 5.99. The molecule has 0 aliphatic heterocycles. The van der Waals surface area contributed by atoms with E-state index in [1.54, 1.807) is 18.3 Å². The van der Waals surface area contributed by atoms with Gasteiger partial charge >= 0.3 is 0 Å². The van der Waals surface area contributed by atoms with Crippen LogP contribution in [0.5, 0.6) is 0 Å². The van der Waals surface area contributed by atoms with Crippen molar-refractivity contribution in [3.63, 3.8) is 0 Å². The Bertz CT molecular complexity index is 736. The van der Waals surface area contributed by atoms with E-state index in [4.69, 9.17) is 0 Å². The molecule has 2 N–H and O–H groups in total. The smallest absolute Gasteiger partial charge is 0.240 e. The lowest BCUT2D eigenvalue weighted by molar-refractivity contribution is 0.483. The minimum Gasteiger partial charge on any atom is -0.376 e. The van der Waals surface area contributed by atoms with E-state index in [0.29, 0.717) is 5.92 Å². The average Bonchev–Trinajstić information content (AvgIpc) is 2.93. The Morgan fingerprint density at radius 3 is 2.39 bits per heavy atom. The summed E-state index contributed by atoms with van der Waals surface area (Å²) in [7, 11) is -1.99. The van der Waals surface area contributed by atoms with E-state index >= 15 is 0 Å². The van der Waals surface area contributed by atoms with Crippen molar-refractivity contribution >= 4 is 15.7 Å². The van der Waals surface area contributed by atoms with E-state index in [1.807, 2.05) is 29.9 Å². The number of rotatable bonds is 7. The molecule has 126 valence electrons. The van der Waals surface area contributed by atoms with Gasteiger partial charge in [-0.05, 0) is 37.6 Å². The molecule has 0 unspecified atom stereocenters. The number of benzene rings is 1. The summed E-state index contributed by atoms with van der Waals surface area (Å²) >= 11 is 0. The zero-order valence-corrected chi connectivity index (χ0v) is 14.8. The third kappa shape index (κ3) is 4.56. The van der Waals surface area contributed by atoms with Crippen molar-refractivity contribution in [3.8, 4) is 0 Å². The number of nitrogens with zero attached hydrogens (tertiary/aromatic N) is 2. The second kappa shape index (κ2) is 7.14. The largest absolute Gasteiger partial charge is 0.376 e. The second-order valence-corrected chi connectivity index (χ2v) is 7.87. The van der Waals surface area contributed by atoms with Crippen LogP contribution < -0.4 is 10.0 Å². The minimum absolute atomic E-state index is 0.0537. The van der Waals surface area contributed by atoms with E-state index in [0.717, 1.165) is 17.8 Å². The average molecular weight is 336 g/mol. The van der Waals surface area contributed by atoms with Crippen LogP contribution >= 0.6 is 0 Å². The van der Waals surface area contributed by atoms with Crippen LogP contribution in [-0.4, -0.2) is 25.2 Å². The molecular weight excluding hydrogens is 312 g/mol. The summed E-state index contributed by atoms with van der Waals surface area (Å²) in [5.74, 6) is 0.543. The van der Waals surface area contributed by atoms with Gasteiger partial charge < -0.3 is 5.32 Å².